The lowest BCUT2D eigenvalue weighted by Crippen LogP contribution is -2.30. The maximum absolute atomic E-state index is 11.9. The molecule has 0 saturated heterocycles. The van der Waals surface area contributed by atoms with Gasteiger partial charge in [-0.2, -0.15) is 0 Å². The Hall–Kier alpha value is -2.44. The summed E-state index contributed by atoms with van der Waals surface area (Å²) in [7, 11) is 0. The third-order valence-electron chi connectivity index (χ3n) is 3.28. The van der Waals surface area contributed by atoms with Crippen LogP contribution in [0.3, 0.4) is 0 Å². The van der Waals surface area contributed by atoms with Crippen molar-refractivity contribution >= 4 is 28.9 Å². The average Bonchev–Trinajstić information content (AvgIpc) is 2.53. The molecule has 1 atom stereocenters. The van der Waals surface area contributed by atoms with Crippen molar-refractivity contribution < 1.29 is 9.72 Å². The Bertz CT molecular complexity index is 721. The number of nitro groups is 1. The fraction of sp³-hybridized carbons (Fsp3) is 0.188. The van der Waals surface area contributed by atoms with Gasteiger partial charge in [0.05, 0.1) is 11.5 Å². The number of halogens is 1. The van der Waals surface area contributed by atoms with Gasteiger partial charge in [0, 0.05) is 28.9 Å². The highest BCUT2D eigenvalue weighted by Crippen LogP contribution is 2.22. The number of hydrogen-bond acceptors (Lipinski definition) is 4. The molecule has 23 heavy (non-hydrogen) atoms. The van der Waals surface area contributed by atoms with Gasteiger partial charge in [0.25, 0.3) is 5.69 Å². The molecule has 2 aromatic rings. The van der Waals surface area contributed by atoms with Gasteiger partial charge in [0.1, 0.15) is 0 Å². The topological polar surface area (TPSA) is 84.3 Å². The lowest BCUT2D eigenvalue weighted by Gasteiger charge is -2.15. The Morgan fingerprint density at radius 1 is 1.26 bits per heavy atom. The van der Waals surface area contributed by atoms with Crippen molar-refractivity contribution in [2.24, 2.45) is 0 Å². The number of benzene rings is 2. The Labute approximate surface area is 138 Å². The molecule has 120 valence electrons. The van der Waals surface area contributed by atoms with E-state index in [0.29, 0.717) is 10.7 Å². The van der Waals surface area contributed by atoms with Crippen LogP contribution in [0.25, 0.3) is 0 Å². The summed E-state index contributed by atoms with van der Waals surface area (Å²) in [5.41, 5.74) is 1.22. The summed E-state index contributed by atoms with van der Waals surface area (Å²) in [6.45, 7) is 1.97. The lowest BCUT2D eigenvalue weighted by atomic mass is 10.1. The van der Waals surface area contributed by atoms with Crippen LogP contribution < -0.4 is 10.6 Å². The van der Waals surface area contributed by atoms with Gasteiger partial charge in [-0.15, -0.1) is 0 Å². The molecule has 1 amide bonds. The molecular formula is C16H16ClN3O3. The summed E-state index contributed by atoms with van der Waals surface area (Å²) >= 11 is 6.11. The highest BCUT2D eigenvalue weighted by molar-refractivity contribution is 6.31. The predicted molar refractivity (Wildman–Crippen MR) is 89.6 cm³/mol. The third-order valence-corrected chi connectivity index (χ3v) is 3.63. The summed E-state index contributed by atoms with van der Waals surface area (Å²) in [5.74, 6) is -0.288. The second kappa shape index (κ2) is 7.71. The monoisotopic (exact) mass is 333 g/mol. The molecule has 2 aromatic carbocycles. The van der Waals surface area contributed by atoms with Crippen molar-refractivity contribution in [3.05, 3.63) is 69.2 Å². The van der Waals surface area contributed by atoms with Gasteiger partial charge >= 0.3 is 0 Å². The van der Waals surface area contributed by atoms with Gasteiger partial charge in [-0.25, -0.2) is 0 Å². The first-order valence-corrected chi connectivity index (χ1v) is 7.37. The molecule has 0 radical (unpaired) electrons. The molecule has 2 N–H and O–H groups in total. The van der Waals surface area contributed by atoms with E-state index in [0.717, 1.165) is 5.56 Å². The van der Waals surface area contributed by atoms with E-state index in [9.17, 15) is 14.9 Å². The van der Waals surface area contributed by atoms with E-state index in [2.05, 4.69) is 10.6 Å². The second-order valence-electron chi connectivity index (χ2n) is 4.98. The van der Waals surface area contributed by atoms with Crippen molar-refractivity contribution in [1.82, 2.24) is 5.32 Å². The fourth-order valence-corrected chi connectivity index (χ4v) is 2.38. The molecule has 0 aromatic heterocycles. The van der Waals surface area contributed by atoms with Crippen molar-refractivity contribution in [3.8, 4) is 0 Å². The van der Waals surface area contributed by atoms with Crippen LogP contribution in [0.2, 0.25) is 5.02 Å². The predicted octanol–water partition coefficient (Wildman–Crippen LogP) is 3.54. The molecule has 0 fully saturated rings. The van der Waals surface area contributed by atoms with Gasteiger partial charge in [-0.3, -0.25) is 14.9 Å². The largest absolute Gasteiger partial charge is 0.325 e. The molecule has 0 aliphatic heterocycles. The maximum atomic E-state index is 11.9. The minimum Gasteiger partial charge on any atom is -0.325 e. The number of amides is 1. The van der Waals surface area contributed by atoms with Crippen LogP contribution in [0, 0.1) is 10.1 Å². The molecule has 0 aliphatic rings. The minimum atomic E-state index is -0.507. The highest BCUT2D eigenvalue weighted by Gasteiger charge is 2.11. The third kappa shape index (κ3) is 4.77. The van der Waals surface area contributed by atoms with E-state index in [1.165, 1.54) is 18.2 Å². The SMILES string of the molecule is C[C@@H](NCC(=O)Nc1cccc([N+](=O)[O-])c1)c1ccccc1Cl. The zero-order valence-electron chi connectivity index (χ0n) is 12.5. The molecule has 0 spiro atoms. The van der Waals surface area contributed by atoms with E-state index in [1.807, 2.05) is 25.1 Å². The minimum absolute atomic E-state index is 0.0646. The fourth-order valence-electron chi connectivity index (χ4n) is 2.08. The van der Waals surface area contributed by atoms with Crippen LogP contribution in [-0.4, -0.2) is 17.4 Å². The molecule has 2 rings (SSSR count). The van der Waals surface area contributed by atoms with Crippen molar-refractivity contribution in [2.45, 2.75) is 13.0 Å². The Morgan fingerprint density at radius 3 is 2.70 bits per heavy atom. The number of carbonyl (C=O) groups excluding carboxylic acids is 1. The van der Waals surface area contributed by atoms with Gasteiger partial charge in [-0.05, 0) is 24.6 Å². The smallest absolute Gasteiger partial charge is 0.271 e. The van der Waals surface area contributed by atoms with Crippen LogP contribution in [0.4, 0.5) is 11.4 Å². The molecular weight excluding hydrogens is 318 g/mol. The Balaban J connectivity index is 1.91. The number of nitro benzene ring substituents is 1. The summed E-state index contributed by atoms with van der Waals surface area (Å²) in [5, 5.41) is 17.0. The quantitative estimate of drug-likeness (QED) is 0.625. The molecule has 0 bridgehead atoms. The zero-order valence-corrected chi connectivity index (χ0v) is 13.2. The van der Waals surface area contributed by atoms with E-state index >= 15 is 0 Å². The van der Waals surface area contributed by atoms with Gasteiger partial charge in [-0.1, -0.05) is 35.9 Å². The first kappa shape index (κ1) is 16.9. The maximum Gasteiger partial charge on any atom is 0.271 e. The van der Waals surface area contributed by atoms with Crippen molar-refractivity contribution in [1.29, 1.82) is 0 Å². The zero-order chi connectivity index (χ0) is 16.8. The average molecular weight is 334 g/mol. The number of nitrogens with one attached hydrogen (secondary N) is 2. The van der Waals surface area contributed by atoms with Crippen LogP contribution in [0.1, 0.15) is 18.5 Å². The van der Waals surface area contributed by atoms with Gasteiger partial charge in [0.15, 0.2) is 0 Å². The summed E-state index contributed by atoms with van der Waals surface area (Å²) < 4.78 is 0. The number of anilines is 1. The van der Waals surface area contributed by atoms with Crippen molar-refractivity contribution in [3.63, 3.8) is 0 Å². The van der Waals surface area contributed by atoms with E-state index in [1.54, 1.807) is 12.1 Å². The Kier molecular flexibility index (Phi) is 5.67. The molecule has 6 nitrogen and oxygen atoms in total. The lowest BCUT2D eigenvalue weighted by molar-refractivity contribution is -0.384. The molecule has 0 heterocycles. The standard InChI is InChI=1S/C16H16ClN3O3/c1-11(14-7-2-3-8-15(14)17)18-10-16(21)19-12-5-4-6-13(9-12)20(22)23/h2-9,11,18H,10H2,1H3,(H,19,21)/t11-/m1/s1. The van der Waals surface area contributed by atoms with Crippen LogP contribution in [0.15, 0.2) is 48.5 Å². The van der Waals surface area contributed by atoms with E-state index < -0.39 is 4.92 Å². The number of rotatable bonds is 6. The highest BCUT2D eigenvalue weighted by atomic mass is 35.5. The first-order valence-electron chi connectivity index (χ1n) is 6.99. The summed E-state index contributed by atoms with van der Waals surface area (Å²) in [6.07, 6.45) is 0. The van der Waals surface area contributed by atoms with Crippen LogP contribution in [-0.2, 0) is 4.79 Å². The molecule has 7 heteroatoms. The van der Waals surface area contributed by atoms with Gasteiger partial charge in [0.2, 0.25) is 5.91 Å². The number of non-ortho nitro benzene ring substituents is 1. The summed E-state index contributed by atoms with van der Waals surface area (Å²) in [4.78, 5) is 22.1. The summed E-state index contributed by atoms with van der Waals surface area (Å²) in [6, 6.07) is 13.1. The number of carbonyl (C=O) groups is 1. The van der Waals surface area contributed by atoms with E-state index in [-0.39, 0.29) is 24.2 Å². The molecule has 0 unspecified atom stereocenters. The Morgan fingerprint density at radius 2 is 2.00 bits per heavy atom. The normalized spacial score (nSPS) is 11.7. The van der Waals surface area contributed by atoms with Gasteiger partial charge < -0.3 is 10.6 Å². The van der Waals surface area contributed by atoms with Crippen LogP contribution in [0.5, 0.6) is 0 Å². The van der Waals surface area contributed by atoms with Crippen LogP contribution >= 0.6 is 11.6 Å². The first-order chi connectivity index (χ1) is 11.0. The van der Waals surface area contributed by atoms with E-state index in [4.69, 9.17) is 11.6 Å². The van der Waals surface area contributed by atoms with Crippen molar-refractivity contribution in [2.75, 3.05) is 11.9 Å². The molecule has 0 saturated carbocycles. The number of hydrogen-bond donors (Lipinski definition) is 2. The second-order valence-corrected chi connectivity index (χ2v) is 5.39. The number of nitrogens with zero attached hydrogens (tertiary/aromatic N) is 1. The molecule has 0 aliphatic carbocycles.